The highest BCUT2D eigenvalue weighted by Crippen LogP contribution is 2.35. The third-order valence-corrected chi connectivity index (χ3v) is 6.68. The van der Waals surface area contributed by atoms with E-state index >= 15 is 0 Å². The number of halogens is 2. The molecule has 0 spiro atoms. The second-order valence-corrected chi connectivity index (χ2v) is 9.05. The van der Waals surface area contributed by atoms with Gasteiger partial charge in [-0.25, -0.2) is 15.0 Å². The summed E-state index contributed by atoms with van der Waals surface area (Å²) in [4.78, 5) is 28.0. The number of nitrogens with zero attached hydrogens (tertiary/aromatic N) is 6. The van der Waals surface area contributed by atoms with Gasteiger partial charge in [-0.15, -0.1) is 0 Å². The van der Waals surface area contributed by atoms with Crippen molar-refractivity contribution in [3.8, 4) is 5.69 Å². The number of rotatable bonds is 4. The third-order valence-electron chi connectivity index (χ3n) is 6.08. The molecule has 176 valence electrons. The normalized spacial score (nSPS) is 15.8. The summed E-state index contributed by atoms with van der Waals surface area (Å²) in [7, 11) is 0. The van der Waals surface area contributed by atoms with Gasteiger partial charge >= 0.3 is 0 Å². The zero-order valence-electron chi connectivity index (χ0n) is 18.2. The number of fused-ring (bicyclic) bond motifs is 2. The van der Waals surface area contributed by atoms with Crippen molar-refractivity contribution in [2.24, 2.45) is 0 Å². The Morgan fingerprint density at radius 2 is 2.06 bits per heavy atom. The average Bonchev–Trinajstić information content (AvgIpc) is 3.58. The summed E-state index contributed by atoms with van der Waals surface area (Å²) in [6, 6.07) is 8.95. The molecule has 0 bridgehead atoms. The number of hydrogen-bond donors (Lipinski definition) is 2. The second kappa shape index (κ2) is 8.40. The van der Waals surface area contributed by atoms with Crippen molar-refractivity contribution in [2.45, 2.75) is 12.5 Å². The number of nitrogens with one attached hydrogen (secondary N) is 1. The average molecular weight is 509 g/mol. The van der Waals surface area contributed by atoms with E-state index in [0.29, 0.717) is 51.1 Å². The van der Waals surface area contributed by atoms with Gasteiger partial charge in [-0.1, -0.05) is 28.4 Å². The maximum atomic E-state index is 13.0. The Balaban J connectivity index is 1.19. The van der Waals surface area contributed by atoms with E-state index in [1.165, 1.54) is 6.20 Å². The van der Waals surface area contributed by atoms with Crippen molar-refractivity contribution in [1.82, 2.24) is 30.0 Å². The molecule has 0 radical (unpaired) electrons. The van der Waals surface area contributed by atoms with Gasteiger partial charge in [-0.05, 0) is 36.8 Å². The molecule has 1 fully saturated rings. The van der Waals surface area contributed by atoms with Crippen LogP contribution in [0.2, 0.25) is 10.0 Å². The highest BCUT2D eigenvalue weighted by Gasteiger charge is 2.29. The lowest BCUT2D eigenvalue weighted by atomic mass is 10.1. The van der Waals surface area contributed by atoms with Gasteiger partial charge in [0.1, 0.15) is 6.33 Å². The van der Waals surface area contributed by atoms with Crippen molar-refractivity contribution < 1.29 is 9.32 Å². The molecule has 1 atom stereocenters. The van der Waals surface area contributed by atoms with Gasteiger partial charge in [0.15, 0.2) is 17.3 Å². The van der Waals surface area contributed by atoms with Gasteiger partial charge < -0.3 is 20.5 Å². The minimum Gasteiger partial charge on any atom is -0.380 e. The topological polar surface area (TPSA) is 128 Å². The minimum absolute atomic E-state index is 0.102. The third kappa shape index (κ3) is 3.71. The van der Waals surface area contributed by atoms with Crippen LogP contribution in [0.5, 0.6) is 0 Å². The molecule has 1 amide bonds. The zero-order chi connectivity index (χ0) is 24.1. The number of anilines is 2. The minimum atomic E-state index is -0.247. The molecule has 6 rings (SSSR count). The van der Waals surface area contributed by atoms with Crippen molar-refractivity contribution in [2.75, 3.05) is 23.7 Å². The van der Waals surface area contributed by atoms with Crippen molar-refractivity contribution in [3.63, 3.8) is 0 Å². The van der Waals surface area contributed by atoms with Crippen LogP contribution in [0, 0.1) is 0 Å². The number of pyridine rings is 2. The molecule has 4 aromatic heterocycles. The molecule has 5 heterocycles. The number of benzene rings is 1. The first-order valence-corrected chi connectivity index (χ1v) is 11.6. The van der Waals surface area contributed by atoms with Gasteiger partial charge in [0.25, 0.3) is 5.91 Å². The fourth-order valence-corrected chi connectivity index (χ4v) is 4.87. The van der Waals surface area contributed by atoms with Crippen LogP contribution in [0.15, 0.2) is 53.6 Å². The summed E-state index contributed by atoms with van der Waals surface area (Å²) in [6.45, 7) is 1.21. The van der Waals surface area contributed by atoms with E-state index in [4.69, 9.17) is 33.5 Å². The van der Waals surface area contributed by atoms with Crippen LogP contribution in [0.4, 0.5) is 11.6 Å². The predicted octanol–water partition coefficient (Wildman–Crippen LogP) is 3.85. The summed E-state index contributed by atoms with van der Waals surface area (Å²) in [6.07, 6.45) is 5.63. The van der Waals surface area contributed by atoms with Crippen LogP contribution in [0.25, 0.3) is 27.8 Å². The molecule has 3 N–H and O–H groups in total. The summed E-state index contributed by atoms with van der Waals surface area (Å²) in [5.41, 5.74) is 8.98. The quantitative estimate of drug-likeness (QED) is 0.374. The van der Waals surface area contributed by atoms with Crippen LogP contribution in [0.3, 0.4) is 0 Å². The van der Waals surface area contributed by atoms with E-state index in [9.17, 15) is 4.79 Å². The Morgan fingerprint density at radius 1 is 1.17 bits per heavy atom. The molecule has 1 aliphatic heterocycles. The van der Waals surface area contributed by atoms with Gasteiger partial charge in [0.2, 0.25) is 5.58 Å². The lowest BCUT2D eigenvalue weighted by molar-refractivity contribution is 0.0940. The van der Waals surface area contributed by atoms with E-state index in [0.717, 1.165) is 17.6 Å². The number of hydrogen-bond acceptors (Lipinski definition) is 8. The van der Waals surface area contributed by atoms with E-state index in [-0.39, 0.29) is 17.8 Å². The van der Waals surface area contributed by atoms with Gasteiger partial charge in [-0.3, -0.25) is 9.36 Å². The van der Waals surface area contributed by atoms with Crippen molar-refractivity contribution >= 4 is 62.9 Å². The molecule has 0 saturated carbocycles. The van der Waals surface area contributed by atoms with Gasteiger partial charge in [-0.2, -0.15) is 0 Å². The molecule has 35 heavy (non-hydrogen) atoms. The smallest absolute Gasteiger partial charge is 0.253 e. The van der Waals surface area contributed by atoms with Crippen LogP contribution < -0.4 is 16.0 Å². The Bertz CT molecular complexity index is 1600. The van der Waals surface area contributed by atoms with Gasteiger partial charge in [0, 0.05) is 37.2 Å². The fraction of sp³-hybridized carbons (Fsp3) is 0.174. The second-order valence-electron chi connectivity index (χ2n) is 8.23. The Labute approximate surface area is 208 Å². The van der Waals surface area contributed by atoms with E-state index < -0.39 is 0 Å². The summed E-state index contributed by atoms with van der Waals surface area (Å²) >= 11 is 12.7. The molecule has 5 aromatic rings. The SMILES string of the molecule is Nc1noc2c(N3CC[C@@H](NC(=O)c4ccc(-n5cnc6ncccc65)cc4Cl)C3)ncc(Cl)c12. The number of carbonyl (C=O) groups is 1. The molecule has 12 heteroatoms. The highest BCUT2D eigenvalue weighted by atomic mass is 35.5. The molecular weight excluding hydrogens is 491 g/mol. The standard InChI is InChI=1S/C23H18Cl2N8O2/c24-15-8-13(33-11-29-21-17(33)2-1-6-27-21)3-4-14(15)23(34)30-12-5-7-32(10-12)22-19-18(16(25)9-28-22)20(26)31-35-19/h1-4,6,8-9,11-12H,5,7,10H2,(H2,26,31)(H,30,34)/t12-/m1/s1. The first kappa shape index (κ1) is 21.6. The molecule has 1 aromatic carbocycles. The number of carbonyl (C=O) groups excluding carboxylic acids is 1. The van der Waals surface area contributed by atoms with Crippen molar-refractivity contribution in [3.05, 3.63) is 64.7 Å². The molecule has 0 unspecified atom stereocenters. The number of amides is 1. The monoisotopic (exact) mass is 508 g/mol. The molecule has 0 aliphatic carbocycles. The number of aromatic nitrogens is 5. The summed E-state index contributed by atoms with van der Waals surface area (Å²) in [5, 5.41) is 8.14. The highest BCUT2D eigenvalue weighted by molar-refractivity contribution is 6.36. The van der Waals surface area contributed by atoms with Gasteiger partial charge in [0.05, 0.1) is 26.5 Å². The summed E-state index contributed by atoms with van der Waals surface area (Å²) < 4.78 is 7.24. The number of nitrogens with two attached hydrogens (primary N) is 1. The Hall–Kier alpha value is -3.89. The Kier molecular flexibility index (Phi) is 5.19. The van der Waals surface area contributed by atoms with Crippen molar-refractivity contribution in [1.29, 1.82) is 0 Å². The van der Waals surface area contributed by atoms with Crippen LogP contribution >= 0.6 is 23.2 Å². The molecule has 1 saturated heterocycles. The largest absolute Gasteiger partial charge is 0.380 e. The Morgan fingerprint density at radius 3 is 2.91 bits per heavy atom. The number of imidazole rings is 1. The molecular formula is C23H18Cl2N8O2. The van der Waals surface area contributed by atoms with E-state index in [2.05, 4.69) is 25.4 Å². The van der Waals surface area contributed by atoms with E-state index in [1.807, 2.05) is 27.7 Å². The molecule has 1 aliphatic rings. The zero-order valence-corrected chi connectivity index (χ0v) is 19.7. The lowest BCUT2D eigenvalue weighted by Crippen LogP contribution is -2.37. The van der Waals surface area contributed by atoms with Crippen LogP contribution in [-0.4, -0.2) is 49.7 Å². The molecule has 10 nitrogen and oxygen atoms in total. The van der Waals surface area contributed by atoms with Crippen LogP contribution in [0.1, 0.15) is 16.8 Å². The summed E-state index contributed by atoms with van der Waals surface area (Å²) in [5.74, 6) is 0.564. The maximum Gasteiger partial charge on any atom is 0.253 e. The van der Waals surface area contributed by atoms with E-state index in [1.54, 1.807) is 24.7 Å². The first-order valence-electron chi connectivity index (χ1n) is 10.8. The van der Waals surface area contributed by atoms with Crippen LogP contribution in [-0.2, 0) is 0 Å². The predicted molar refractivity (Wildman–Crippen MR) is 133 cm³/mol. The number of nitrogen functional groups attached to an aromatic ring is 1. The lowest BCUT2D eigenvalue weighted by Gasteiger charge is -2.18. The fourth-order valence-electron chi connectivity index (χ4n) is 4.38. The first-order chi connectivity index (χ1) is 17.0. The maximum absolute atomic E-state index is 13.0.